The summed E-state index contributed by atoms with van der Waals surface area (Å²) in [5, 5.41) is 5.44. The Morgan fingerprint density at radius 3 is 2.81 bits per heavy atom. The predicted molar refractivity (Wildman–Crippen MR) is 77.4 cm³/mol. The molecule has 6 heteroatoms. The van der Waals surface area contributed by atoms with Gasteiger partial charge in [0, 0.05) is 26.1 Å². The van der Waals surface area contributed by atoms with Gasteiger partial charge in [-0.25, -0.2) is 0 Å². The van der Waals surface area contributed by atoms with Crippen LogP contribution in [0.2, 0.25) is 0 Å². The van der Waals surface area contributed by atoms with Crippen molar-refractivity contribution in [2.75, 3.05) is 26.8 Å². The summed E-state index contributed by atoms with van der Waals surface area (Å²) in [6.45, 7) is 2.65. The quantitative estimate of drug-likeness (QED) is 0.775. The molecular formula is C15H20N2O4. The lowest BCUT2D eigenvalue weighted by atomic mass is 9.96. The topological polar surface area (TPSA) is 76.7 Å². The van der Waals surface area contributed by atoms with E-state index < -0.39 is 0 Å². The Morgan fingerprint density at radius 1 is 1.33 bits per heavy atom. The monoisotopic (exact) mass is 292 g/mol. The summed E-state index contributed by atoms with van der Waals surface area (Å²) >= 11 is 0. The van der Waals surface area contributed by atoms with Gasteiger partial charge >= 0.3 is 0 Å². The number of ether oxygens (including phenoxy) is 2. The molecule has 2 N–H and O–H groups in total. The van der Waals surface area contributed by atoms with E-state index in [2.05, 4.69) is 10.6 Å². The van der Waals surface area contributed by atoms with Gasteiger partial charge in [-0.05, 0) is 18.1 Å². The predicted octanol–water partition coefficient (Wildman–Crippen LogP) is 0.499. The minimum Gasteiger partial charge on any atom is -0.497 e. The number of carbonyl (C=O) groups excluding carboxylic acids is 2. The lowest BCUT2D eigenvalue weighted by Gasteiger charge is -2.25. The van der Waals surface area contributed by atoms with E-state index in [1.807, 2.05) is 18.2 Å². The number of amides is 2. The maximum atomic E-state index is 12.0. The number of rotatable bonds is 5. The van der Waals surface area contributed by atoms with Gasteiger partial charge in [-0.3, -0.25) is 9.59 Å². The molecule has 2 rings (SSSR count). The first-order valence-electron chi connectivity index (χ1n) is 6.92. The van der Waals surface area contributed by atoms with Crippen LogP contribution in [0.25, 0.3) is 0 Å². The van der Waals surface area contributed by atoms with Gasteiger partial charge in [0.25, 0.3) is 0 Å². The van der Waals surface area contributed by atoms with Crippen molar-refractivity contribution in [2.45, 2.75) is 13.3 Å². The van der Waals surface area contributed by atoms with E-state index in [9.17, 15) is 9.59 Å². The number of hydrogen-bond donors (Lipinski definition) is 2. The average molecular weight is 292 g/mol. The van der Waals surface area contributed by atoms with Crippen LogP contribution in [0.15, 0.2) is 18.2 Å². The maximum absolute atomic E-state index is 12.0. The molecule has 1 atom stereocenters. The largest absolute Gasteiger partial charge is 0.497 e. The molecule has 1 heterocycles. The van der Waals surface area contributed by atoms with Crippen LogP contribution < -0.4 is 20.1 Å². The molecule has 0 aromatic heterocycles. The number of carbonyl (C=O) groups is 2. The van der Waals surface area contributed by atoms with E-state index in [1.165, 1.54) is 6.92 Å². The summed E-state index contributed by atoms with van der Waals surface area (Å²) in [6.07, 6.45) is 0.644. The van der Waals surface area contributed by atoms with Crippen molar-refractivity contribution in [1.82, 2.24) is 10.6 Å². The number of methoxy groups -OCH3 is 1. The molecule has 0 bridgehead atoms. The minimum atomic E-state index is -0.205. The van der Waals surface area contributed by atoms with Gasteiger partial charge in [0.2, 0.25) is 11.8 Å². The molecule has 0 unspecified atom stereocenters. The zero-order chi connectivity index (χ0) is 15.2. The van der Waals surface area contributed by atoms with Gasteiger partial charge in [-0.2, -0.15) is 0 Å². The van der Waals surface area contributed by atoms with E-state index >= 15 is 0 Å². The normalized spacial score (nSPS) is 16.4. The second-order valence-electron chi connectivity index (χ2n) is 4.96. The van der Waals surface area contributed by atoms with Crippen molar-refractivity contribution in [1.29, 1.82) is 0 Å². The van der Waals surface area contributed by atoms with Gasteiger partial charge in [0.15, 0.2) is 0 Å². The third-order valence-electron chi connectivity index (χ3n) is 3.35. The molecule has 6 nitrogen and oxygen atoms in total. The first-order chi connectivity index (χ1) is 10.1. The highest BCUT2D eigenvalue weighted by molar-refractivity contribution is 5.79. The summed E-state index contributed by atoms with van der Waals surface area (Å²) in [4.78, 5) is 22.8. The van der Waals surface area contributed by atoms with Crippen LogP contribution in [0.3, 0.4) is 0 Å². The van der Waals surface area contributed by atoms with Gasteiger partial charge in [-0.1, -0.05) is 6.07 Å². The number of fused-ring (bicyclic) bond motifs is 1. The van der Waals surface area contributed by atoms with Gasteiger partial charge < -0.3 is 20.1 Å². The van der Waals surface area contributed by atoms with Crippen LogP contribution >= 0.6 is 0 Å². The van der Waals surface area contributed by atoms with Crippen LogP contribution in [0.4, 0.5) is 0 Å². The third kappa shape index (κ3) is 4.11. The highest BCUT2D eigenvalue weighted by Crippen LogP contribution is 2.30. The van der Waals surface area contributed by atoms with Crippen molar-refractivity contribution in [2.24, 2.45) is 5.92 Å². The lowest BCUT2D eigenvalue weighted by molar-refractivity contribution is -0.126. The number of nitrogens with one attached hydrogen (secondary N) is 2. The smallest absolute Gasteiger partial charge is 0.226 e. The molecule has 0 fully saturated rings. The SMILES string of the molecule is COc1ccc2c(c1)OC[C@@H](C(=O)NCCNC(C)=O)C2. The van der Waals surface area contributed by atoms with Crippen LogP contribution in [0.5, 0.6) is 11.5 Å². The molecule has 0 spiro atoms. The number of benzene rings is 1. The molecule has 2 amide bonds. The van der Waals surface area contributed by atoms with E-state index in [-0.39, 0.29) is 17.7 Å². The average Bonchev–Trinajstić information content (AvgIpc) is 2.50. The Balaban J connectivity index is 1.86. The number of hydrogen-bond acceptors (Lipinski definition) is 4. The Hall–Kier alpha value is -2.24. The van der Waals surface area contributed by atoms with Crippen molar-refractivity contribution in [3.05, 3.63) is 23.8 Å². The summed E-state index contributed by atoms with van der Waals surface area (Å²) in [6, 6.07) is 5.62. The van der Waals surface area contributed by atoms with Crippen molar-refractivity contribution in [3.8, 4) is 11.5 Å². The fourth-order valence-electron chi connectivity index (χ4n) is 2.22. The molecule has 21 heavy (non-hydrogen) atoms. The first kappa shape index (κ1) is 15.2. The Bertz CT molecular complexity index is 530. The Labute approximate surface area is 123 Å². The van der Waals surface area contributed by atoms with Crippen LogP contribution in [0, 0.1) is 5.92 Å². The molecule has 0 saturated heterocycles. The summed E-state index contributed by atoms with van der Waals surface area (Å²) in [7, 11) is 1.61. The van der Waals surface area contributed by atoms with E-state index in [0.717, 1.165) is 17.1 Å². The van der Waals surface area contributed by atoms with E-state index in [1.54, 1.807) is 7.11 Å². The molecule has 0 saturated carbocycles. The van der Waals surface area contributed by atoms with Crippen LogP contribution in [0.1, 0.15) is 12.5 Å². The zero-order valence-electron chi connectivity index (χ0n) is 12.3. The second kappa shape index (κ2) is 6.97. The first-order valence-corrected chi connectivity index (χ1v) is 6.92. The van der Waals surface area contributed by atoms with Gasteiger partial charge in [0.1, 0.15) is 18.1 Å². The van der Waals surface area contributed by atoms with Crippen molar-refractivity contribution >= 4 is 11.8 Å². The molecule has 0 radical (unpaired) electrons. The summed E-state index contributed by atoms with van der Waals surface area (Å²) in [5.74, 6) is 1.15. The maximum Gasteiger partial charge on any atom is 0.226 e. The molecule has 1 aliphatic heterocycles. The summed E-state index contributed by atoms with van der Waals surface area (Å²) < 4.78 is 10.8. The van der Waals surface area contributed by atoms with Crippen molar-refractivity contribution < 1.29 is 19.1 Å². The van der Waals surface area contributed by atoms with Crippen LogP contribution in [-0.4, -0.2) is 38.6 Å². The highest BCUT2D eigenvalue weighted by atomic mass is 16.5. The summed E-state index contributed by atoms with van der Waals surface area (Å²) in [5.41, 5.74) is 1.00. The molecule has 0 aliphatic carbocycles. The highest BCUT2D eigenvalue weighted by Gasteiger charge is 2.25. The third-order valence-corrected chi connectivity index (χ3v) is 3.35. The van der Waals surface area contributed by atoms with E-state index in [0.29, 0.717) is 26.1 Å². The standard InChI is InChI=1S/C15H20N2O4/c1-10(18)16-5-6-17-15(19)12-7-11-3-4-13(20-2)8-14(11)21-9-12/h3-4,8,12H,5-7,9H2,1-2H3,(H,16,18)(H,17,19)/t12-/m0/s1. The Kier molecular flexibility index (Phi) is 5.03. The molecule has 1 aliphatic rings. The zero-order valence-corrected chi connectivity index (χ0v) is 12.3. The van der Waals surface area contributed by atoms with Crippen LogP contribution in [-0.2, 0) is 16.0 Å². The molecule has 1 aromatic rings. The fraction of sp³-hybridized carbons (Fsp3) is 0.467. The van der Waals surface area contributed by atoms with Gasteiger partial charge in [-0.15, -0.1) is 0 Å². The molecule has 114 valence electrons. The van der Waals surface area contributed by atoms with Crippen molar-refractivity contribution in [3.63, 3.8) is 0 Å². The fourth-order valence-corrected chi connectivity index (χ4v) is 2.22. The van der Waals surface area contributed by atoms with E-state index in [4.69, 9.17) is 9.47 Å². The second-order valence-corrected chi connectivity index (χ2v) is 4.96. The minimum absolute atomic E-state index is 0.0539. The molecular weight excluding hydrogens is 272 g/mol. The Morgan fingerprint density at radius 2 is 2.10 bits per heavy atom. The van der Waals surface area contributed by atoms with Gasteiger partial charge in [0.05, 0.1) is 13.0 Å². The lowest BCUT2D eigenvalue weighted by Crippen LogP contribution is -2.40. The molecule has 1 aromatic carbocycles.